The maximum absolute atomic E-state index is 6.65. The molecule has 0 bridgehead atoms. The number of nitrogens with zero attached hydrogens (tertiary/aromatic N) is 1. The molecule has 0 aliphatic rings. The van der Waals surface area contributed by atoms with Crippen LogP contribution in [0.15, 0.2) is 18.2 Å². The Morgan fingerprint density at radius 1 is 0.900 bits per heavy atom. The first-order chi connectivity index (χ1) is 9.29. The van der Waals surface area contributed by atoms with Gasteiger partial charge in [0.05, 0.1) is 5.38 Å². The van der Waals surface area contributed by atoms with Crippen molar-refractivity contribution in [2.24, 2.45) is 11.8 Å². The van der Waals surface area contributed by atoms with Gasteiger partial charge in [-0.25, -0.2) is 0 Å². The van der Waals surface area contributed by atoms with Crippen LogP contribution in [0.3, 0.4) is 0 Å². The lowest BCUT2D eigenvalue weighted by Gasteiger charge is -2.28. The Morgan fingerprint density at radius 3 is 1.90 bits per heavy atom. The van der Waals surface area contributed by atoms with E-state index in [1.165, 1.54) is 16.7 Å². The molecule has 1 atom stereocenters. The molecule has 0 aliphatic heterocycles. The summed E-state index contributed by atoms with van der Waals surface area (Å²) in [4.78, 5) is 2.50. The molecule has 0 amide bonds. The van der Waals surface area contributed by atoms with Crippen molar-refractivity contribution in [3.05, 3.63) is 34.9 Å². The van der Waals surface area contributed by atoms with Gasteiger partial charge in [-0.1, -0.05) is 45.9 Å². The molecule has 2 heteroatoms. The van der Waals surface area contributed by atoms with E-state index in [0.717, 1.165) is 19.6 Å². The van der Waals surface area contributed by atoms with Gasteiger partial charge >= 0.3 is 0 Å². The average Bonchev–Trinajstić information content (AvgIpc) is 2.30. The van der Waals surface area contributed by atoms with E-state index in [0.29, 0.717) is 11.8 Å². The fourth-order valence-electron chi connectivity index (χ4n) is 2.55. The summed E-state index contributed by atoms with van der Waals surface area (Å²) in [6.07, 6.45) is 0. The highest BCUT2D eigenvalue weighted by molar-refractivity contribution is 6.21. The number of hydrogen-bond acceptors (Lipinski definition) is 1. The quantitative estimate of drug-likeness (QED) is 0.625. The van der Waals surface area contributed by atoms with E-state index >= 15 is 0 Å². The standard InChI is InChI=1S/C18H30ClN/c1-13(2)10-20(11-14(3)4)12-18(19)17-8-7-15(5)16(6)9-17/h7-9,13-14,18H,10-12H2,1-6H3. The molecule has 1 rings (SSSR count). The third-order valence-corrected chi connectivity index (χ3v) is 3.95. The Morgan fingerprint density at radius 2 is 1.45 bits per heavy atom. The maximum atomic E-state index is 6.65. The van der Waals surface area contributed by atoms with Gasteiger partial charge < -0.3 is 4.90 Å². The minimum atomic E-state index is 0.0757. The van der Waals surface area contributed by atoms with Gasteiger partial charge in [0.15, 0.2) is 0 Å². The first-order valence-electron chi connectivity index (χ1n) is 7.73. The number of halogens is 1. The molecule has 1 unspecified atom stereocenters. The molecule has 0 aliphatic carbocycles. The van der Waals surface area contributed by atoms with Crippen molar-refractivity contribution in [1.82, 2.24) is 4.90 Å². The highest BCUT2D eigenvalue weighted by atomic mass is 35.5. The van der Waals surface area contributed by atoms with E-state index in [1.54, 1.807) is 0 Å². The second-order valence-electron chi connectivity index (χ2n) is 6.82. The molecule has 0 saturated heterocycles. The molecule has 0 aromatic heterocycles. The van der Waals surface area contributed by atoms with E-state index in [1.807, 2.05) is 0 Å². The van der Waals surface area contributed by atoms with E-state index in [4.69, 9.17) is 11.6 Å². The molecule has 0 radical (unpaired) electrons. The van der Waals surface area contributed by atoms with Crippen LogP contribution in [-0.4, -0.2) is 24.5 Å². The van der Waals surface area contributed by atoms with Crippen molar-refractivity contribution in [3.63, 3.8) is 0 Å². The third kappa shape index (κ3) is 5.85. The second-order valence-corrected chi connectivity index (χ2v) is 7.34. The van der Waals surface area contributed by atoms with Crippen LogP contribution in [0.5, 0.6) is 0 Å². The molecule has 0 fully saturated rings. The van der Waals surface area contributed by atoms with Gasteiger partial charge in [0, 0.05) is 19.6 Å². The monoisotopic (exact) mass is 295 g/mol. The van der Waals surface area contributed by atoms with Crippen LogP contribution in [0.2, 0.25) is 0 Å². The van der Waals surface area contributed by atoms with Crippen LogP contribution in [0.4, 0.5) is 0 Å². The Kier molecular flexibility index (Phi) is 7.05. The molecule has 0 heterocycles. The summed E-state index contributed by atoms with van der Waals surface area (Å²) in [6, 6.07) is 6.58. The number of alkyl halides is 1. The number of hydrogen-bond donors (Lipinski definition) is 0. The topological polar surface area (TPSA) is 3.24 Å². The molecule has 0 spiro atoms. The van der Waals surface area contributed by atoms with Crippen LogP contribution in [0.25, 0.3) is 0 Å². The van der Waals surface area contributed by atoms with Gasteiger partial charge in [-0.2, -0.15) is 0 Å². The van der Waals surface area contributed by atoms with Crippen molar-refractivity contribution in [2.75, 3.05) is 19.6 Å². The Labute approximate surface area is 130 Å². The van der Waals surface area contributed by atoms with Crippen LogP contribution >= 0.6 is 11.6 Å². The van der Waals surface area contributed by atoms with Crippen LogP contribution in [-0.2, 0) is 0 Å². The molecule has 1 nitrogen and oxygen atoms in total. The molecule has 1 aromatic carbocycles. The largest absolute Gasteiger partial charge is 0.301 e. The van der Waals surface area contributed by atoms with Crippen molar-refractivity contribution < 1.29 is 0 Å². The summed E-state index contributed by atoms with van der Waals surface area (Å²) < 4.78 is 0. The van der Waals surface area contributed by atoms with Crippen molar-refractivity contribution in [2.45, 2.75) is 46.9 Å². The lowest BCUT2D eigenvalue weighted by Crippen LogP contribution is -2.34. The van der Waals surface area contributed by atoms with Gasteiger partial charge in [-0.15, -0.1) is 11.6 Å². The van der Waals surface area contributed by atoms with Crippen LogP contribution in [0.1, 0.15) is 49.8 Å². The molecular formula is C18H30ClN. The first-order valence-corrected chi connectivity index (χ1v) is 8.16. The maximum Gasteiger partial charge on any atom is 0.0712 e. The summed E-state index contributed by atoms with van der Waals surface area (Å²) in [5.41, 5.74) is 3.90. The second kappa shape index (κ2) is 8.05. The lowest BCUT2D eigenvalue weighted by molar-refractivity contribution is 0.219. The number of rotatable bonds is 7. The Bertz CT molecular complexity index is 402. The zero-order valence-corrected chi connectivity index (χ0v) is 14.7. The number of benzene rings is 1. The molecule has 20 heavy (non-hydrogen) atoms. The smallest absolute Gasteiger partial charge is 0.0712 e. The predicted molar refractivity (Wildman–Crippen MR) is 90.6 cm³/mol. The van der Waals surface area contributed by atoms with Crippen molar-refractivity contribution in [3.8, 4) is 0 Å². The fraction of sp³-hybridized carbons (Fsp3) is 0.667. The van der Waals surface area contributed by atoms with Crippen molar-refractivity contribution >= 4 is 11.6 Å². The van der Waals surface area contributed by atoms with Crippen LogP contribution < -0.4 is 0 Å². The van der Waals surface area contributed by atoms with E-state index < -0.39 is 0 Å². The van der Waals surface area contributed by atoms with Crippen LogP contribution in [0, 0.1) is 25.7 Å². The predicted octanol–water partition coefficient (Wildman–Crippen LogP) is 5.20. The molecule has 1 aromatic rings. The summed E-state index contributed by atoms with van der Waals surface area (Å²) in [5.74, 6) is 1.36. The van der Waals surface area contributed by atoms with Gasteiger partial charge in [0.1, 0.15) is 0 Å². The average molecular weight is 296 g/mol. The third-order valence-electron chi connectivity index (χ3n) is 3.56. The normalized spacial score (nSPS) is 13.5. The summed E-state index contributed by atoms with van der Waals surface area (Å²) >= 11 is 6.65. The summed E-state index contributed by atoms with van der Waals surface area (Å²) in [6.45, 7) is 16.5. The van der Waals surface area contributed by atoms with Gasteiger partial charge in [0.25, 0.3) is 0 Å². The van der Waals surface area contributed by atoms with E-state index in [2.05, 4.69) is 64.6 Å². The minimum absolute atomic E-state index is 0.0757. The van der Waals surface area contributed by atoms with E-state index in [9.17, 15) is 0 Å². The Hall–Kier alpha value is -0.530. The lowest BCUT2D eigenvalue weighted by atomic mass is 10.0. The highest BCUT2D eigenvalue weighted by Crippen LogP contribution is 2.24. The highest BCUT2D eigenvalue weighted by Gasteiger charge is 2.16. The van der Waals surface area contributed by atoms with E-state index in [-0.39, 0.29) is 5.38 Å². The SMILES string of the molecule is Cc1ccc(C(Cl)CN(CC(C)C)CC(C)C)cc1C. The molecule has 0 saturated carbocycles. The zero-order chi connectivity index (χ0) is 15.3. The molecule has 0 N–H and O–H groups in total. The zero-order valence-electron chi connectivity index (χ0n) is 13.9. The van der Waals surface area contributed by atoms with Gasteiger partial charge in [0.2, 0.25) is 0 Å². The summed E-state index contributed by atoms with van der Waals surface area (Å²) in [5, 5.41) is 0.0757. The van der Waals surface area contributed by atoms with Gasteiger partial charge in [-0.05, 0) is 42.4 Å². The van der Waals surface area contributed by atoms with Gasteiger partial charge in [-0.3, -0.25) is 0 Å². The van der Waals surface area contributed by atoms with Crippen molar-refractivity contribution in [1.29, 1.82) is 0 Å². The summed E-state index contributed by atoms with van der Waals surface area (Å²) in [7, 11) is 0. The molecule has 114 valence electrons. The first kappa shape index (κ1) is 17.5. The fourth-order valence-corrected chi connectivity index (χ4v) is 2.88. The minimum Gasteiger partial charge on any atom is -0.301 e. The molecular weight excluding hydrogens is 266 g/mol. The Balaban J connectivity index is 2.73. The number of aryl methyl sites for hydroxylation is 2.